The van der Waals surface area contributed by atoms with E-state index in [-0.39, 0.29) is 23.4 Å². The maximum absolute atomic E-state index is 14.0. The Labute approximate surface area is 189 Å². The van der Waals surface area contributed by atoms with Crippen molar-refractivity contribution >= 4 is 35.0 Å². The lowest BCUT2D eigenvalue weighted by atomic mass is 10.0. The number of halogens is 1. The van der Waals surface area contributed by atoms with Crippen molar-refractivity contribution < 1.29 is 18.7 Å². The van der Waals surface area contributed by atoms with Crippen molar-refractivity contribution in [1.29, 1.82) is 0 Å². The van der Waals surface area contributed by atoms with Gasteiger partial charge in [0.25, 0.3) is 5.91 Å². The molecule has 0 bridgehead atoms. The third-order valence-corrected chi connectivity index (χ3v) is 7.11. The summed E-state index contributed by atoms with van der Waals surface area (Å²) >= 11 is 1.34. The van der Waals surface area contributed by atoms with Gasteiger partial charge in [0.2, 0.25) is 10.8 Å². The fourth-order valence-electron chi connectivity index (χ4n) is 4.34. The quantitative estimate of drug-likeness (QED) is 0.568. The van der Waals surface area contributed by atoms with Gasteiger partial charge in [0.1, 0.15) is 11.6 Å². The number of benzene rings is 3. The summed E-state index contributed by atoms with van der Waals surface area (Å²) in [4.78, 5) is 29.2. The lowest BCUT2D eigenvalue weighted by molar-refractivity contribution is -0.123. The number of anilines is 2. The fraction of sp³-hybridized carbons (Fsp3) is 0.200. The number of hydrogen-bond acceptors (Lipinski definition) is 4. The second-order valence-corrected chi connectivity index (χ2v) is 8.79. The van der Waals surface area contributed by atoms with E-state index in [4.69, 9.17) is 4.74 Å². The van der Waals surface area contributed by atoms with Crippen LogP contribution in [0.15, 0.2) is 72.8 Å². The largest absolute Gasteiger partial charge is 0.494 e. The van der Waals surface area contributed by atoms with Crippen LogP contribution in [0.2, 0.25) is 0 Å². The Hall–Kier alpha value is -3.32. The summed E-state index contributed by atoms with van der Waals surface area (Å²) in [6.45, 7) is 2.75. The van der Waals surface area contributed by atoms with Crippen molar-refractivity contribution in [2.24, 2.45) is 0 Å². The Morgan fingerprint density at radius 3 is 2.44 bits per heavy atom. The predicted molar refractivity (Wildman–Crippen MR) is 123 cm³/mol. The van der Waals surface area contributed by atoms with Gasteiger partial charge in [-0.1, -0.05) is 30.3 Å². The van der Waals surface area contributed by atoms with Crippen LogP contribution in [0.4, 0.5) is 15.8 Å². The number of thioether (sulfide) groups is 1. The molecular formula is C25H21FN2O3S. The maximum atomic E-state index is 14.0. The highest BCUT2D eigenvalue weighted by molar-refractivity contribution is 8.02. The van der Waals surface area contributed by atoms with Gasteiger partial charge in [-0.15, -0.1) is 11.8 Å². The van der Waals surface area contributed by atoms with Crippen molar-refractivity contribution in [2.45, 2.75) is 18.3 Å². The summed E-state index contributed by atoms with van der Waals surface area (Å²) in [6.07, 6.45) is 0. The van der Waals surface area contributed by atoms with Crippen LogP contribution in [0.1, 0.15) is 18.1 Å². The van der Waals surface area contributed by atoms with Gasteiger partial charge in [-0.25, -0.2) is 4.39 Å². The Morgan fingerprint density at radius 2 is 1.72 bits per heavy atom. The molecule has 7 heteroatoms. The number of fused-ring (bicyclic) bond motifs is 2. The second kappa shape index (κ2) is 7.98. The van der Waals surface area contributed by atoms with Crippen LogP contribution in [0, 0.1) is 5.82 Å². The van der Waals surface area contributed by atoms with E-state index in [0.717, 1.165) is 16.8 Å². The van der Waals surface area contributed by atoms with Crippen molar-refractivity contribution in [3.05, 3.63) is 89.7 Å². The van der Waals surface area contributed by atoms with Crippen molar-refractivity contribution in [3.8, 4) is 5.75 Å². The molecule has 0 aromatic heterocycles. The average Bonchev–Trinajstić information content (AvgIpc) is 3.27. The van der Waals surface area contributed by atoms with Crippen LogP contribution in [0.3, 0.4) is 0 Å². The summed E-state index contributed by atoms with van der Waals surface area (Å²) in [5.74, 6) is 0.300. The van der Waals surface area contributed by atoms with Crippen molar-refractivity contribution in [3.63, 3.8) is 0 Å². The van der Waals surface area contributed by atoms with E-state index in [1.807, 2.05) is 55.5 Å². The lowest BCUT2D eigenvalue weighted by Gasteiger charge is -2.33. The molecule has 32 heavy (non-hydrogen) atoms. The molecule has 0 N–H and O–H groups in total. The molecule has 1 fully saturated rings. The highest BCUT2D eigenvalue weighted by Gasteiger charge is 2.60. The molecule has 0 saturated carbocycles. The number of amides is 2. The molecule has 0 radical (unpaired) electrons. The molecule has 1 spiro atoms. The number of carbonyl (C=O) groups excluding carboxylic acids is 2. The summed E-state index contributed by atoms with van der Waals surface area (Å²) in [5.41, 5.74) is 3.01. The minimum atomic E-state index is -1.17. The van der Waals surface area contributed by atoms with E-state index in [0.29, 0.717) is 24.6 Å². The first-order valence-corrected chi connectivity index (χ1v) is 11.4. The van der Waals surface area contributed by atoms with E-state index >= 15 is 0 Å². The molecule has 5 rings (SSSR count). The van der Waals surface area contributed by atoms with E-state index < -0.39 is 4.87 Å². The van der Waals surface area contributed by atoms with Crippen LogP contribution < -0.4 is 14.5 Å². The van der Waals surface area contributed by atoms with Gasteiger partial charge in [-0.3, -0.25) is 14.5 Å². The van der Waals surface area contributed by atoms with E-state index in [1.165, 1.54) is 23.9 Å². The first-order valence-electron chi connectivity index (χ1n) is 10.4. The zero-order valence-corrected chi connectivity index (χ0v) is 18.3. The van der Waals surface area contributed by atoms with Gasteiger partial charge in [0.15, 0.2) is 0 Å². The lowest BCUT2D eigenvalue weighted by Crippen LogP contribution is -2.49. The monoisotopic (exact) mass is 448 g/mol. The number of hydrogen-bond donors (Lipinski definition) is 0. The standard InChI is InChI=1S/C25H21FN2O3S/c1-2-31-20-13-11-19(12-14-20)28-23(29)16-32-25(28)21-5-3-4-6-22(21)27(24(25)30)15-17-7-9-18(26)10-8-17/h3-14H,2,15-16H2,1H3/t25-/m1/s1. The summed E-state index contributed by atoms with van der Waals surface area (Å²) in [7, 11) is 0. The zero-order chi connectivity index (χ0) is 22.3. The molecule has 0 aliphatic carbocycles. The Morgan fingerprint density at radius 1 is 1.00 bits per heavy atom. The van der Waals surface area contributed by atoms with Crippen molar-refractivity contribution in [2.75, 3.05) is 22.2 Å². The third-order valence-electron chi connectivity index (χ3n) is 5.72. The van der Waals surface area contributed by atoms with Crippen LogP contribution >= 0.6 is 11.8 Å². The minimum Gasteiger partial charge on any atom is -0.494 e. The fourth-order valence-corrected chi connectivity index (χ4v) is 5.70. The van der Waals surface area contributed by atoms with Crippen LogP contribution in [0.25, 0.3) is 0 Å². The molecule has 3 aromatic carbocycles. The van der Waals surface area contributed by atoms with Crippen LogP contribution in [0.5, 0.6) is 5.75 Å². The summed E-state index contributed by atoms with van der Waals surface area (Å²) in [5, 5.41) is 0. The Bertz CT molecular complexity index is 1180. The Kier molecular flexibility index (Phi) is 5.13. The maximum Gasteiger partial charge on any atom is 0.269 e. The normalized spacial score (nSPS) is 19.7. The number of carbonyl (C=O) groups is 2. The average molecular weight is 449 g/mol. The van der Waals surface area contributed by atoms with Gasteiger partial charge in [0, 0.05) is 11.3 Å². The number of rotatable bonds is 5. The van der Waals surface area contributed by atoms with E-state index in [1.54, 1.807) is 21.9 Å². The van der Waals surface area contributed by atoms with Gasteiger partial charge < -0.3 is 9.64 Å². The first kappa shape index (κ1) is 20.6. The number of para-hydroxylation sites is 1. The molecule has 2 amide bonds. The van der Waals surface area contributed by atoms with E-state index in [2.05, 4.69) is 0 Å². The molecular weight excluding hydrogens is 427 g/mol. The zero-order valence-electron chi connectivity index (χ0n) is 17.5. The van der Waals surface area contributed by atoms with Crippen LogP contribution in [-0.4, -0.2) is 24.2 Å². The second-order valence-electron chi connectivity index (χ2n) is 7.62. The van der Waals surface area contributed by atoms with Crippen LogP contribution in [-0.2, 0) is 21.0 Å². The topological polar surface area (TPSA) is 49.9 Å². The Balaban J connectivity index is 1.58. The van der Waals surface area contributed by atoms with Gasteiger partial charge in [-0.05, 0) is 55.0 Å². The van der Waals surface area contributed by atoms with Gasteiger partial charge in [0.05, 0.1) is 24.6 Å². The predicted octanol–water partition coefficient (Wildman–Crippen LogP) is 4.70. The number of ether oxygens (including phenoxy) is 1. The first-order chi connectivity index (χ1) is 15.5. The summed E-state index contributed by atoms with van der Waals surface area (Å²) in [6, 6.07) is 20.9. The van der Waals surface area contributed by atoms with Crippen molar-refractivity contribution in [1.82, 2.24) is 0 Å². The highest BCUT2D eigenvalue weighted by atomic mass is 32.2. The third kappa shape index (κ3) is 3.15. The molecule has 2 aliphatic heterocycles. The molecule has 2 heterocycles. The molecule has 5 nitrogen and oxygen atoms in total. The minimum absolute atomic E-state index is 0.119. The smallest absolute Gasteiger partial charge is 0.269 e. The number of nitrogens with zero attached hydrogens (tertiary/aromatic N) is 2. The molecule has 0 unspecified atom stereocenters. The molecule has 1 atom stereocenters. The molecule has 162 valence electrons. The molecule has 1 saturated heterocycles. The molecule has 3 aromatic rings. The van der Waals surface area contributed by atoms with Gasteiger partial charge >= 0.3 is 0 Å². The molecule has 2 aliphatic rings. The SMILES string of the molecule is CCOc1ccc(N2C(=O)CS[C@]23C(=O)N(Cc2ccc(F)cc2)c2ccccc23)cc1. The van der Waals surface area contributed by atoms with Gasteiger partial charge in [-0.2, -0.15) is 0 Å². The highest BCUT2D eigenvalue weighted by Crippen LogP contribution is 2.56. The summed E-state index contributed by atoms with van der Waals surface area (Å²) < 4.78 is 18.9. The van der Waals surface area contributed by atoms with E-state index in [9.17, 15) is 14.0 Å².